The van der Waals surface area contributed by atoms with Crippen LogP contribution in [0.1, 0.15) is 12.0 Å². The summed E-state index contributed by atoms with van der Waals surface area (Å²) in [7, 11) is 0. The Balaban J connectivity index is 0.000000370. The van der Waals surface area contributed by atoms with Gasteiger partial charge in [-0.1, -0.05) is 30.3 Å². The fraction of sp³-hybridized carbons (Fsp3) is 0.250. The summed E-state index contributed by atoms with van der Waals surface area (Å²) in [5.74, 6) is -2.85. The molecule has 1 unspecified atom stereocenters. The molecule has 0 aliphatic carbocycles. The zero-order chi connectivity index (χ0) is 15.5. The molecule has 0 aliphatic rings. The maximum Gasteiger partial charge on any atom is 0.506 e. The van der Waals surface area contributed by atoms with Crippen molar-refractivity contribution in [1.29, 1.82) is 0 Å². The van der Waals surface area contributed by atoms with E-state index < -0.39 is 30.6 Å². The topological polar surface area (TPSA) is 141 Å². The van der Waals surface area contributed by atoms with Crippen molar-refractivity contribution in [3.63, 3.8) is 0 Å². The van der Waals surface area contributed by atoms with Crippen molar-refractivity contribution in [3.8, 4) is 0 Å². The first kappa shape index (κ1) is 17.4. The number of aliphatic carboxylic acids is 2. The molecule has 1 aromatic rings. The summed E-state index contributed by atoms with van der Waals surface area (Å²) >= 11 is 0. The van der Waals surface area contributed by atoms with Gasteiger partial charge in [-0.3, -0.25) is 4.79 Å². The molecule has 0 saturated carbocycles. The van der Waals surface area contributed by atoms with Crippen LogP contribution in [0.5, 0.6) is 0 Å². The number of carbonyl (C=O) groups is 3. The van der Waals surface area contributed by atoms with Gasteiger partial charge in [0.05, 0.1) is 6.42 Å². The molecular formula is C12H14O8. The lowest BCUT2D eigenvalue weighted by molar-refractivity contribution is -0.152. The minimum Gasteiger partial charge on any atom is -0.481 e. The smallest absolute Gasteiger partial charge is 0.481 e. The van der Waals surface area contributed by atoms with Crippen molar-refractivity contribution in [2.75, 3.05) is 0 Å². The predicted octanol–water partition coefficient (Wildman–Crippen LogP) is 0.788. The van der Waals surface area contributed by atoms with E-state index in [4.69, 9.17) is 20.4 Å². The van der Waals surface area contributed by atoms with Crippen LogP contribution >= 0.6 is 0 Å². The van der Waals surface area contributed by atoms with Gasteiger partial charge in [0, 0.05) is 0 Å². The molecule has 1 rings (SSSR count). The highest BCUT2D eigenvalue weighted by Crippen LogP contribution is 1.99. The van der Waals surface area contributed by atoms with Crippen molar-refractivity contribution in [3.05, 3.63) is 35.9 Å². The molecular weight excluding hydrogens is 272 g/mol. The number of hydrogen-bond donors (Lipinski definition) is 4. The van der Waals surface area contributed by atoms with Crippen LogP contribution in [0.4, 0.5) is 4.79 Å². The maximum absolute atomic E-state index is 9.95. The van der Waals surface area contributed by atoms with Crippen molar-refractivity contribution in [1.82, 2.24) is 0 Å². The molecule has 110 valence electrons. The van der Waals surface area contributed by atoms with Crippen molar-refractivity contribution < 1.29 is 39.5 Å². The molecule has 0 aromatic heterocycles. The van der Waals surface area contributed by atoms with Crippen LogP contribution in [0.25, 0.3) is 0 Å². The number of aliphatic hydroxyl groups is 1. The van der Waals surface area contributed by atoms with Gasteiger partial charge in [-0.15, -0.1) is 0 Å². The Morgan fingerprint density at radius 3 is 1.95 bits per heavy atom. The molecule has 0 heterocycles. The van der Waals surface area contributed by atoms with E-state index in [1.165, 1.54) is 0 Å². The lowest BCUT2D eigenvalue weighted by Crippen LogP contribution is -2.22. The van der Waals surface area contributed by atoms with E-state index in [0.29, 0.717) is 0 Å². The number of benzene rings is 1. The minimum absolute atomic E-state index is 0.121. The van der Waals surface area contributed by atoms with Crippen LogP contribution in [-0.2, 0) is 20.9 Å². The van der Waals surface area contributed by atoms with Crippen molar-refractivity contribution in [2.45, 2.75) is 19.1 Å². The van der Waals surface area contributed by atoms with E-state index in [2.05, 4.69) is 4.74 Å². The van der Waals surface area contributed by atoms with Crippen LogP contribution in [0.2, 0.25) is 0 Å². The van der Waals surface area contributed by atoms with Gasteiger partial charge >= 0.3 is 18.1 Å². The Kier molecular flexibility index (Phi) is 8.12. The zero-order valence-electron chi connectivity index (χ0n) is 10.3. The summed E-state index contributed by atoms with van der Waals surface area (Å²) < 4.78 is 4.34. The molecule has 0 saturated heterocycles. The van der Waals surface area contributed by atoms with Gasteiger partial charge in [0.25, 0.3) is 0 Å². The fourth-order valence-electron chi connectivity index (χ4n) is 0.972. The van der Waals surface area contributed by atoms with E-state index >= 15 is 0 Å². The molecule has 8 heteroatoms. The van der Waals surface area contributed by atoms with Gasteiger partial charge in [-0.25, -0.2) is 9.59 Å². The standard InChI is InChI=1S/C8H8O3.C4H6O5/c9-8(10)11-6-7-4-2-1-3-5-7;5-2(4(8)9)1-3(6)7/h1-5H,6H2,(H,9,10);2,5H,1H2,(H,6,7)(H,8,9). The van der Waals surface area contributed by atoms with Gasteiger partial charge in [-0.05, 0) is 5.56 Å². The third kappa shape index (κ3) is 9.42. The average Bonchev–Trinajstić information content (AvgIpc) is 2.37. The van der Waals surface area contributed by atoms with Crippen LogP contribution < -0.4 is 0 Å². The van der Waals surface area contributed by atoms with E-state index in [0.717, 1.165) is 5.56 Å². The second-order valence-electron chi connectivity index (χ2n) is 3.49. The second-order valence-corrected chi connectivity index (χ2v) is 3.49. The zero-order valence-corrected chi connectivity index (χ0v) is 10.3. The third-order valence-corrected chi connectivity index (χ3v) is 1.86. The SMILES string of the molecule is O=C(O)CC(O)C(=O)O.O=C(O)OCc1ccccc1. The van der Waals surface area contributed by atoms with Gasteiger partial charge < -0.3 is 25.2 Å². The second kappa shape index (κ2) is 9.34. The fourth-order valence-corrected chi connectivity index (χ4v) is 0.972. The Hall–Kier alpha value is -2.61. The normalized spacial score (nSPS) is 10.7. The molecule has 20 heavy (non-hydrogen) atoms. The van der Waals surface area contributed by atoms with Crippen LogP contribution in [0.3, 0.4) is 0 Å². The Labute approximate surface area is 113 Å². The Morgan fingerprint density at radius 2 is 1.60 bits per heavy atom. The highest BCUT2D eigenvalue weighted by molar-refractivity contribution is 5.79. The van der Waals surface area contributed by atoms with Gasteiger partial charge in [0.1, 0.15) is 6.61 Å². The first-order valence-corrected chi connectivity index (χ1v) is 5.35. The van der Waals surface area contributed by atoms with E-state index in [-0.39, 0.29) is 6.61 Å². The summed E-state index contributed by atoms with van der Waals surface area (Å²) in [6.45, 7) is 0.121. The lowest BCUT2D eigenvalue weighted by atomic mass is 10.2. The van der Waals surface area contributed by atoms with Gasteiger partial charge in [0.15, 0.2) is 6.10 Å². The molecule has 1 aromatic carbocycles. The van der Waals surface area contributed by atoms with Crippen molar-refractivity contribution >= 4 is 18.1 Å². The average molecular weight is 286 g/mol. The minimum atomic E-state index is -1.79. The summed E-state index contributed by atoms with van der Waals surface area (Å²) in [4.78, 5) is 29.4. The first-order chi connectivity index (χ1) is 9.32. The number of carboxylic acids is 2. The van der Waals surface area contributed by atoms with Crippen LogP contribution in [0, 0.1) is 0 Å². The molecule has 0 fully saturated rings. The van der Waals surface area contributed by atoms with Crippen LogP contribution in [-0.4, -0.2) is 44.6 Å². The Bertz CT molecular complexity index is 442. The van der Waals surface area contributed by atoms with E-state index in [1.807, 2.05) is 30.3 Å². The molecule has 0 spiro atoms. The summed E-state index contributed by atoms with van der Waals surface area (Å²) in [5.41, 5.74) is 0.856. The monoisotopic (exact) mass is 286 g/mol. The largest absolute Gasteiger partial charge is 0.506 e. The lowest BCUT2D eigenvalue weighted by Gasteiger charge is -1.98. The molecule has 0 bridgehead atoms. The first-order valence-electron chi connectivity index (χ1n) is 5.35. The highest BCUT2D eigenvalue weighted by Gasteiger charge is 2.16. The summed E-state index contributed by atoms with van der Waals surface area (Å²) in [6.07, 6.45) is -3.79. The molecule has 0 aliphatic heterocycles. The Morgan fingerprint density at radius 1 is 1.05 bits per heavy atom. The molecule has 8 nitrogen and oxygen atoms in total. The number of rotatable bonds is 5. The van der Waals surface area contributed by atoms with E-state index in [1.54, 1.807) is 0 Å². The number of carboxylic acid groups (broad SMARTS) is 3. The predicted molar refractivity (Wildman–Crippen MR) is 65.2 cm³/mol. The number of ether oxygens (including phenoxy) is 1. The molecule has 1 atom stereocenters. The highest BCUT2D eigenvalue weighted by atomic mass is 16.7. The molecule has 0 radical (unpaired) electrons. The number of aliphatic hydroxyl groups excluding tert-OH is 1. The summed E-state index contributed by atoms with van der Waals surface area (Å²) in [6, 6.07) is 9.15. The molecule has 4 N–H and O–H groups in total. The molecule has 0 amide bonds. The number of hydrogen-bond acceptors (Lipinski definition) is 5. The van der Waals surface area contributed by atoms with Crippen molar-refractivity contribution in [2.24, 2.45) is 0 Å². The maximum atomic E-state index is 9.95. The third-order valence-electron chi connectivity index (χ3n) is 1.86. The van der Waals surface area contributed by atoms with Gasteiger partial charge in [0.2, 0.25) is 0 Å². The summed E-state index contributed by atoms with van der Waals surface area (Å²) in [5, 5.41) is 32.3. The quantitative estimate of drug-likeness (QED) is 0.582. The van der Waals surface area contributed by atoms with E-state index in [9.17, 15) is 14.4 Å². The van der Waals surface area contributed by atoms with Gasteiger partial charge in [-0.2, -0.15) is 0 Å². The van der Waals surface area contributed by atoms with Crippen LogP contribution in [0.15, 0.2) is 30.3 Å².